The first kappa shape index (κ1) is 24.6. The van der Waals surface area contributed by atoms with Crippen LogP contribution in [0.15, 0.2) is 146 Å². The summed E-state index contributed by atoms with van der Waals surface area (Å²) in [6.07, 6.45) is 0. The van der Waals surface area contributed by atoms with E-state index < -0.39 is 0 Å². The highest BCUT2D eigenvalue weighted by molar-refractivity contribution is 6.16. The molecule has 0 unspecified atom stereocenters. The van der Waals surface area contributed by atoms with E-state index in [1.807, 2.05) is 0 Å². The fraction of sp³-hybridized carbons (Fsp3) is 0.0476. The SMILES string of the molecule is Cc1c(-c2ccc(-c3cc4ccccc4c4ccccc34)cc2)cccc1-c1c(C)c2ccccc2c2ccccc12. The number of hydrogen-bond donors (Lipinski definition) is 0. The molecule has 0 aliphatic carbocycles. The highest BCUT2D eigenvalue weighted by atomic mass is 14.2. The minimum Gasteiger partial charge on any atom is -0.0616 e. The van der Waals surface area contributed by atoms with Crippen molar-refractivity contribution in [3.63, 3.8) is 0 Å². The zero-order valence-corrected chi connectivity index (χ0v) is 23.9. The lowest BCUT2D eigenvalue weighted by Gasteiger charge is -2.19. The van der Waals surface area contributed by atoms with E-state index in [1.54, 1.807) is 0 Å². The maximum atomic E-state index is 2.34. The van der Waals surface area contributed by atoms with Gasteiger partial charge in [0.25, 0.3) is 0 Å². The van der Waals surface area contributed by atoms with Crippen molar-refractivity contribution < 1.29 is 0 Å². The Bertz CT molecular complexity index is 2300. The van der Waals surface area contributed by atoms with Crippen molar-refractivity contribution in [2.24, 2.45) is 0 Å². The number of hydrogen-bond acceptors (Lipinski definition) is 0. The van der Waals surface area contributed by atoms with Crippen molar-refractivity contribution >= 4 is 43.1 Å². The molecule has 0 heterocycles. The van der Waals surface area contributed by atoms with Crippen LogP contribution in [0.1, 0.15) is 11.1 Å². The second kappa shape index (κ2) is 9.72. The third-order valence-corrected chi connectivity index (χ3v) is 9.07. The van der Waals surface area contributed by atoms with Gasteiger partial charge in [-0.05, 0) is 108 Å². The summed E-state index contributed by atoms with van der Waals surface area (Å²) in [7, 11) is 0. The molecule has 0 atom stereocenters. The summed E-state index contributed by atoms with van der Waals surface area (Å²) in [5.74, 6) is 0. The Balaban J connectivity index is 1.28. The Morgan fingerprint density at radius 2 is 0.786 bits per heavy atom. The van der Waals surface area contributed by atoms with Crippen LogP contribution in [0.4, 0.5) is 0 Å². The van der Waals surface area contributed by atoms with Gasteiger partial charge in [0.2, 0.25) is 0 Å². The van der Waals surface area contributed by atoms with Crippen LogP contribution in [0.3, 0.4) is 0 Å². The summed E-state index contributed by atoms with van der Waals surface area (Å²) < 4.78 is 0. The lowest BCUT2D eigenvalue weighted by molar-refractivity contribution is 1.43. The Morgan fingerprint density at radius 3 is 1.48 bits per heavy atom. The minimum absolute atomic E-state index is 1.24. The molecule has 0 aliphatic heterocycles. The predicted octanol–water partition coefficient (Wildman–Crippen LogP) is 11.9. The van der Waals surface area contributed by atoms with Crippen LogP contribution in [-0.4, -0.2) is 0 Å². The Hall–Kier alpha value is -5.20. The molecular weight excluding hydrogens is 504 g/mol. The molecule has 0 radical (unpaired) electrons. The molecular formula is C42H30. The van der Waals surface area contributed by atoms with Gasteiger partial charge < -0.3 is 0 Å². The van der Waals surface area contributed by atoms with Gasteiger partial charge >= 0.3 is 0 Å². The molecule has 0 spiro atoms. The Morgan fingerprint density at radius 1 is 0.310 bits per heavy atom. The van der Waals surface area contributed by atoms with Gasteiger partial charge in [-0.1, -0.05) is 140 Å². The van der Waals surface area contributed by atoms with E-state index in [4.69, 9.17) is 0 Å². The average molecular weight is 535 g/mol. The molecule has 0 fully saturated rings. The third-order valence-electron chi connectivity index (χ3n) is 9.07. The topological polar surface area (TPSA) is 0 Å². The molecule has 0 amide bonds. The van der Waals surface area contributed by atoms with Crippen LogP contribution in [0.5, 0.6) is 0 Å². The maximum Gasteiger partial charge on any atom is -0.00668 e. The summed E-state index contributed by atoms with van der Waals surface area (Å²) >= 11 is 0. The first-order valence-corrected chi connectivity index (χ1v) is 14.7. The van der Waals surface area contributed by atoms with Crippen LogP contribution in [0.25, 0.3) is 76.5 Å². The van der Waals surface area contributed by atoms with Gasteiger partial charge in [0, 0.05) is 0 Å². The van der Waals surface area contributed by atoms with E-state index in [0.717, 1.165) is 0 Å². The Kier molecular flexibility index (Phi) is 5.69. The number of fused-ring (bicyclic) bond motifs is 6. The molecule has 0 heteroatoms. The van der Waals surface area contributed by atoms with Crippen molar-refractivity contribution in [1.29, 1.82) is 0 Å². The summed E-state index contributed by atoms with van der Waals surface area (Å²) in [5, 5.41) is 10.4. The second-order valence-corrected chi connectivity index (χ2v) is 11.3. The van der Waals surface area contributed by atoms with E-state index in [0.29, 0.717) is 0 Å². The molecule has 0 aromatic heterocycles. The second-order valence-electron chi connectivity index (χ2n) is 11.3. The van der Waals surface area contributed by atoms with Gasteiger partial charge in [-0.3, -0.25) is 0 Å². The molecule has 42 heavy (non-hydrogen) atoms. The van der Waals surface area contributed by atoms with E-state index in [2.05, 4.69) is 159 Å². The van der Waals surface area contributed by atoms with Crippen molar-refractivity contribution in [1.82, 2.24) is 0 Å². The van der Waals surface area contributed by atoms with E-state index in [-0.39, 0.29) is 0 Å². The first-order valence-electron chi connectivity index (χ1n) is 14.7. The largest absolute Gasteiger partial charge is 0.0616 e. The highest BCUT2D eigenvalue weighted by Crippen LogP contribution is 2.42. The fourth-order valence-electron chi connectivity index (χ4n) is 7.01. The van der Waals surface area contributed by atoms with E-state index in [1.165, 1.54) is 87.6 Å². The zero-order valence-electron chi connectivity index (χ0n) is 23.9. The summed E-state index contributed by atoms with van der Waals surface area (Å²) in [5.41, 5.74) is 10.3. The van der Waals surface area contributed by atoms with Crippen LogP contribution in [0, 0.1) is 13.8 Å². The van der Waals surface area contributed by atoms with Crippen LogP contribution in [-0.2, 0) is 0 Å². The predicted molar refractivity (Wildman–Crippen MR) is 182 cm³/mol. The molecule has 0 aliphatic rings. The van der Waals surface area contributed by atoms with Crippen molar-refractivity contribution in [2.45, 2.75) is 13.8 Å². The molecule has 8 rings (SSSR count). The smallest absolute Gasteiger partial charge is 0.00668 e. The summed E-state index contributed by atoms with van der Waals surface area (Å²) in [4.78, 5) is 0. The lowest BCUT2D eigenvalue weighted by Crippen LogP contribution is -1.94. The zero-order chi connectivity index (χ0) is 28.2. The third kappa shape index (κ3) is 3.76. The molecule has 8 aromatic rings. The van der Waals surface area contributed by atoms with Gasteiger partial charge in [-0.2, -0.15) is 0 Å². The van der Waals surface area contributed by atoms with Gasteiger partial charge in [-0.15, -0.1) is 0 Å². The molecule has 0 saturated carbocycles. The van der Waals surface area contributed by atoms with Crippen molar-refractivity contribution in [3.05, 3.63) is 157 Å². The monoisotopic (exact) mass is 534 g/mol. The van der Waals surface area contributed by atoms with Crippen LogP contribution < -0.4 is 0 Å². The minimum atomic E-state index is 1.24. The summed E-state index contributed by atoms with van der Waals surface area (Å²) in [6.45, 7) is 4.55. The maximum absolute atomic E-state index is 2.34. The van der Waals surface area contributed by atoms with Gasteiger partial charge in [0.1, 0.15) is 0 Å². The standard InChI is InChI=1S/C42H30/c1-27-32(20-11-21-34(27)42-28(2)33-13-5-6-15-36(33)38-17-9-10-19-40(38)42)29-22-24-30(25-23-29)41-26-31-12-3-4-14-35(31)37-16-7-8-18-39(37)41/h3-26H,1-2H3. The van der Waals surface area contributed by atoms with Crippen LogP contribution >= 0.6 is 0 Å². The molecule has 0 saturated heterocycles. The van der Waals surface area contributed by atoms with Crippen molar-refractivity contribution in [3.8, 4) is 33.4 Å². The molecule has 8 aromatic carbocycles. The molecule has 198 valence electrons. The lowest BCUT2D eigenvalue weighted by atomic mass is 9.85. The van der Waals surface area contributed by atoms with E-state index in [9.17, 15) is 0 Å². The first-order chi connectivity index (χ1) is 20.7. The van der Waals surface area contributed by atoms with Crippen LogP contribution in [0.2, 0.25) is 0 Å². The van der Waals surface area contributed by atoms with Gasteiger partial charge in [-0.25, -0.2) is 0 Å². The normalized spacial score (nSPS) is 11.6. The molecule has 0 nitrogen and oxygen atoms in total. The summed E-state index contributed by atoms with van der Waals surface area (Å²) in [6, 6.07) is 53.4. The highest BCUT2D eigenvalue weighted by Gasteiger charge is 2.16. The fourth-order valence-corrected chi connectivity index (χ4v) is 7.01. The van der Waals surface area contributed by atoms with Crippen molar-refractivity contribution in [2.75, 3.05) is 0 Å². The van der Waals surface area contributed by atoms with Gasteiger partial charge in [0.05, 0.1) is 0 Å². The Labute approximate surface area is 246 Å². The quantitative estimate of drug-likeness (QED) is 0.198. The van der Waals surface area contributed by atoms with E-state index >= 15 is 0 Å². The molecule has 0 N–H and O–H groups in total. The number of benzene rings is 8. The average Bonchev–Trinajstić information content (AvgIpc) is 3.05. The number of rotatable bonds is 3. The van der Waals surface area contributed by atoms with Gasteiger partial charge in [0.15, 0.2) is 0 Å². The molecule has 0 bridgehead atoms. The number of aryl methyl sites for hydroxylation is 1.